The van der Waals surface area contributed by atoms with Crippen LogP contribution in [0.25, 0.3) is 0 Å². The van der Waals surface area contributed by atoms with Crippen molar-refractivity contribution in [1.82, 2.24) is 20.9 Å². The molecule has 1 aliphatic rings. The summed E-state index contributed by atoms with van der Waals surface area (Å²) in [6.07, 6.45) is 3.00. The molecule has 300 valence electrons. The average Bonchev–Trinajstić information content (AvgIpc) is 3.25. The van der Waals surface area contributed by atoms with Crippen molar-refractivity contribution in [2.24, 2.45) is 0 Å². The number of benzene rings is 4. The molecule has 3 N–H and O–H groups in total. The highest BCUT2D eigenvalue weighted by atomic mass is 16.5. The first-order chi connectivity index (χ1) is 27.8. The molecule has 1 fully saturated rings. The van der Waals surface area contributed by atoms with Crippen LogP contribution in [0.2, 0.25) is 0 Å². The lowest BCUT2D eigenvalue weighted by Gasteiger charge is -2.35. The second-order valence-electron chi connectivity index (χ2n) is 14.0. The third kappa shape index (κ3) is 13.9. The summed E-state index contributed by atoms with van der Waals surface area (Å²) in [7, 11) is 1.54. The highest BCUT2D eigenvalue weighted by molar-refractivity contribution is 5.98. The van der Waals surface area contributed by atoms with Gasteiger partial charge in [-0.15, -0.1) is 0 Å². The molecule has 1 heterocycles. The number of rotatable bonds is 20. The molecule has 5 rings (SSSR count). The van der Waals surface area contributed by atoms with Gasteiger partial charge in [-0.1, -0.05) is 110 Å². The maximum atomic E-state index is 14.1. The van der Waals surface area contributed by atoms with Crippen molar-refractivity contribution in [3.63, 3.8) is 0 Å². The van der Waals surface area contributed by atoms with E-state index < -0.39 is 36.1 Å². The van der Waals surface area contributed by atoms with E-state index in [0.29, 0.717) is 43.7 Å². The highest BCUT2D eigenvalue weighted by Crippen LogP contribution is 2.20. The lowest BCUT2D eigenvalue weighted by Crippen LogP contribution is -2.57. The molecule has 0 bridgehead atoms. The Morgan fingerprint density at radius 1 is 0.719 bits per heavy atom. The molecule has 1 saturated heterocycles. The molecule has 12 nitrogen and oxygen atoms in total. The number of unbranched alkanes of at least 4 members (excludes halogenated alkanes) is 1. The lowest BCUT2D eigenvalue weighted by molar-refractivity contribution is -0.149. The molecule has 57 heavy (non-hydrogen) atoms. The minimum Gasteiger partial charge on any atom is -0.497 e. The smallest absolute Gasteiger partial charge is 0.407 e. The van der Waals surface area contributed by atoms with Gasteiger partial charge in [0.25, 0.3) is 0 Å². The second-order valence-corrected chi connectivity index (χ2v) is 14.0. The maximum absolute atomic E-state index is 14.1. The number of nitrogens with one attached hydrogen (secondary N) is 3. The zero-order valence-corrected chi connectivity index (χ0v) is 32.4. The summed E-state index contributed by atoms with van der Waals surface area (Å²) in [5, 5.41) is 8.58. The van der Waals surface area contributed by atoms with E-state index in [9.17, 15) is 24.0 Å². The number of amides is 3. The first kappa shape index (κ1) is 42.1. The Kier molecular flexibility index (Phi) is 16.6. The third-order valence-corrected chi connectivity index (χ3v) is 9.80. The van der Waals surface area contributed by atoms with Gasteiger partial charge in [0.1, 0.15) is 31.0 Å². The SMILES string of the molecule is COc1cccc(C(=O)CN2CCCC[C@H]2C(=O)N[C@@H](Cc2ccccc2)C(=O)NC(CCCCNC(=O)OCc2ccccc2)C(=O)OCc2ccccc2)c1. The van der Waals surface area contributed by atoms with E-state index in [1.165, 1.54) is 0 Å². The first-order valence-corrected chi connectivity index (χ1v) is 19.5. The van der Waals surface area contributed by atoms with Gasteiger partial charge in [0, 0.05) is 18.5 Å². The molecule has 0 radical (unpaired) electrons. The average molecular weight is 777 g/mol. The van der Waals surface area contributed by atoms with Crippen LogP contribution in [0, 0.1) is 0 Å². The molecule has 1 unspecified atom stereocenters. The largest absolute Gasteiger partial charge is 0.497 e. The van der Waals surface area contributed by atoms with E-state index in [-0.39, 0.29) is 44.3 Å². The molecule has 12 heteroatoms. The minimum atomic E-state index is -1.02. The molecule has 0 saturated carbocycles. The molecular formula is C45H52N4O8. The second kappa shape index (κ2) is 22.5. The van der Waals surface area contributed by atoms with Crippen LogP contribution in [-0.4, -0.2) is 79.4 Å². The van der Waals surface area contributed by atoms with E-state index in [1.807, 2.05) is 95.9 Å². The van der Waals surface area contributed by atoms with Crippen molar-refractivity contribution < 1.29 is 38.2 Å². The molecule has 4 aromatic rings. The Morgan fingerprint density at radius 3 is 2.04 bits per heavy atom. The summed E-state index contributed by atoms with van der Waals surface area (Å²) in [6.45, 7) is 1.07. The van der Waals surface area contributed by atoms with E-state index in [4.69, 9.17) is 14.2 Å². The predicted molar refractivity (Wildman–Crippen MR) is 215 cm³/mol. The standard InChI is InChI=1S/C45H52N4O8/c1-55-37-23-15-22-36(29-37)41(50)30-49-27-14-12-25-40(49)43(52)48-39(28-33-16-5-2-6-17-33)42(51)47-38(44(53)56-31-34-18-7-3-8-19-34)24-11-13-26-46-45(54)57-32-35-20-9-4-10-21-35/h2-10,15-23,29,38-40H,11-14,24-28,30-32H2,1H3,(H,46,54)(H,47,51)(H,48,52)/t38?,39-,40-/m0/s1. The fraction of sp³-hybridized carbons (Fsp3) is 0.356. The number of ketones is 1. The number of carbonyl (C=O) groups is 5. The zero-order valence-electron chi connectivity index (χ0n) is 32.4. The van der Waals surface area contributed by atoms with Crippen molar-refractivity contribution in [2.45, 2.75) is 76.3 Å². The molecule has 3 amide bonds. The summed E-state index contributed by atoms with van der Waals surface area (Å²) >= 11 is 0. The van der Waals surface area contributed by atoms with Gasteiger partial charge < -0.3 is 30.2 Å². The number of carbonyl (C=O) groups excluding carboxylic acids is 5. The van der Waals surface area contributed by atoms with Gasteiger partial charge in [0.05, 0.1) is 19.7 Å². The quantitative estimate of drug-likeness (QED) is 0.0576. The lowest BCUT2D eigenvalue weighted by atomic mass is 9.98. The first-order valence-electron chi connectivity index (χ1n) is 19.5. The topological polar surface area (TPSA) is 152 Å². The molecule has 1 aliphatic heterocycles. The Morgan fingerprint density at radius 2 is 1.37 bits per heavy atom. The Balaban J connectivity index is 1.23. The summed E-state index contributed by atoms with van der Waals surface area (Å²) in [5.41, 5.74) is 2.98. The van der Waals surface area contributed by atoms with Crippen LogP contribution < -0.4 is 20.7 Å². The molecule has 3 atom stereocenters. The zero-order chi connectivity index (χ0) is 40.2. The molecule has 4 aromatic carbocycles. The Bertz CT molecular complexity index is 1890. The summed E-state index contributed by atoms with van der Waals surface area (Å²) < 4.78 is 16.2. The number of Topliss-reactive ketones (excluding diaryl/α,β-unsaturated/α-hetero) is 1. The number of alkyl carbamates (subject to hydrolysis) is 1. The van der Waals surface area contributed by atoms with Gasteiger partial charge in [-0.3, -0.25) is 19.3 Å². The van der Waals surface area contributed by atoms with Gasteiger partial charge in [-0.2, -0.15) is 0 Å². The van der Waals surface area contributed by atoms with Gasteiger partial charge in [-0.05, 0) is 67.5 Å². The van der Waals surface area contributed by atoms with E-state index >= 15 is 0 Å². The fourth-order valence-corrected chi connectivity index (χ4v) is 6.67. The van der Waals surface area contributed by atoms with E-state index in [2.05, 4.69) is 16.0 Å². The highest BCUT2D eigenvalue weighted by Gasteiger charge is 2.34. The number of likely N-dealkylation sites (tertiary alicyclic amines) is 1. The van der Waals surface area contributed by atoms with Gasteiger partial charge in [-0.25, -0.2) is 9.59 Å². The number of piperidine rings is 1. The minimum absolute atomic E-state index is 0.0248. The predicted octanol–water partition coefficient (Wildman–Crippen LogP) is 5.78. The number of hydrogen-bond donors (Lipinski definition) is 3. The number of ether oxygens (including phenoxy) is 3. The molecule has 0 aromatic heterocycles. The van der Waals surface area contributed by atoms with Crippen molar-refractivity contribution >= 4 is 29.7 Å². The van der Waals surface area contributed by atoms with E-state index in [0.717, 1.165) is 29.5 Å². The number of nitrogens with zero attached hydrogens (tertiary/aromatic N) is 1. The van der Waals surface area contributed by atoms with Crippen LogP contribution >= 0.6 is 0 Å². The molecule has 0 aliphatic carbocycles. The van der Waals surface area contributed by atoms with Crippen molar-refractivity contribution in [1.29, 1.82) is 0 Å². The number of hydrogen-bond acceptors (Lipinski definition) is 9. The molecular weight excluding hydrogens is 725 g/mol. The van der Waals surface area contributed by atoms with E-state index in [1.54, 1.807) is 31.4 Å². The van der Waals surface area contributed by atoms with Gasteiger partial charge >= 0.3 is 12.1 Å². The van der Waals surface area contributed by atoms with Crippen molar-refractivity contribution in [3.05, 3.63) is 138 Å². The number of esters is 1. The summed E-state index contributed by atoms with van der Waals surface area (Å²) in [4.78, 5) is 69.2. The monoisotopic (exact) mass is 776 g/mol. The van der Waals surface area contributed by atoms with Crippen molar-refractivity contribution in [2.75, 3.05) is 26.7 Å². The fourth-order valence-electron chi connectivity index (χ4n) is 6.67. The normalized spacial score (nSPS) is 15.0. The maximum Gasteiger partial charge on any atom is 0.407 e. The van der Waals surface area contributed by atoms with Crippen LogP contribution in [0.3, 0.4) is 0 Å². The van der Waals surface area contributed by atoms with Crippen LogP contribution in [0.5, 0.6) is 5.75 Å². The van der Waals surface area contributed by atoms with Crippen LogP contribution in [0.1, 0.15) is 65.6 Å². The Hall–Kier alpha value is -6.01. The summed E-state index contributed by atoms with van der Waals surface area (Å²) in [5.74, 6) is -1.07. The Labute approximate surface area is 334 Å². The van der Waals surface area contributed by atoms with Gasteiger partial charge in [0.15, 0.2) is 5.78 Å². The third-order valence-electron chi connectivity index (χ3n) is 9.80. The molecule has 0 spiro atoms. The van der Waals surface area contributed by atoms with Crippen molar-refractivity contribution in [3.8, 4) is 5.75 Å². The number of methoxy groups -OCH3 is 1. The van der Waals surface area contributed by atoms with Crippen LogP contribution in [-0.2, 0) is 43.5 Å². The van der Waals surface area contributed by atoms with Crippen LogP contribution in [0.4, 0.5) is 4.79 Å². The summed E-state index contributed by atoms with van der Waals surface area (Å²) in [6, 6.07) is 32.2. The van der Waals surface area contributed by atoms with Crippen LogP contribution in [0.15, 0.2) is 115 Å². The van der Waals surface area contributed by atoms with Gasteiger partial charge in [0.2, 0.25) is 11.8 Å².